The number of amides is 1. The fraction of sp³-hybridized carbons (Fsp3) is 0.118. The summed E-state index contributed by atoms with van der Waals surface area (Å²) >= 11 is 1.08. The van der Waals surface area contributed by atoms with E-state index in [1.807, 2.05) is 5.43 Å². The Morgan fingerprint density at radius 1 is 1.14 bits per heavy atom. The molecule has 0 saturated heterocycles. The fourth-order valence-corrected chi connectivity index (χ4v) is 3.86. The molecule has 0 unspecified atom stereocenters. The minimum Gasteiger partial charge on any atom is -0.294 e. The number of sulfonamides is 1. The molecule has 11 heteroatoms. The summed E-state index contributed by atoms with van der Waals surface area (Å²) in [5, 5.41) is 5.90. The number of nitrogens with two attached hydrogens (primary N) is 2. The van der Waals surface area contributed by atoms with Gasteiger partial charge in [-0.1, -0.05) is 36.0 Å². The van der Waals surface area contributed by atoms with E-state index in [0.29, 0.717) is 21.6 Å². The van der Waals surface area contributed by atoms with Crippen molar-refractivity contribution in [3.05, 3.63) is 64.4 Å². The van der Waals surface area contributed by atoms with Crippen LogP contribution in [-0.4, -0.2) is 29.6 Å². The van der Waals surface area contributed by atoms with Crippen molar-refractivity contribution in [3.63, 3.8) is 0 Å². The Balaban J connectivity index is 2.03. The van der Waals surface area contributed by atoms with E-state index in [0.717, 1.165) is 11.8 Å². The van der Waals surface area contributed by atoms with Crippen LogP contribution in [0, 0.1) is 0 Å². The Hall–Kier alpha value is -2.73. The number of primary sulfonamides is 1. The van der Waals surface area contributed by atoms with Gasteiger partial charge in [0.25, 0.3) is 5.56 Å². The van der Waals surface area contributed by atoms with Gasteiger partial charge in [-0.3, -0.25) is 19.6 Å². The highest BCUT2D eigenvalue weighted by Gasteiger charge is 2.14. The molecule has 3 aromatic rings. The number of fused-ring (bicyclic) bond motifs is 1. The number of nitrogens with one attached hydrogen (secondary N) is 1. The normalized spacial score (nSPS) is 11.5. The van der Waals surface area contributed by atoms with Crippen molar-refractivity contribution >= 4 is 38.6 Å². The van der Waals surface area contributed by atoms with Gasteiger partial charge in [-0.25, -0.2) is 24.4 Å². The Morgan fingerprint density at radius 2 is 1.82 bits per heavy atom. The minimum absolute atomic E-state index is 0.00830. The Morgan fingerprint density at radius 3 is 2.46 bits per heavy atom. The van der Waals surface area contributed by atoms with Crippen LogP contribution >= 0.6 is 11.8 Å². The van der Waals surface area contributed by atoms with Crippen LogP contribution in [0.4, 0.5) is 0 Å². The van der Waals surface area contributed by atoms with Crippen molar-refractivity contribution in [3.8, 4) is 0 Å². The molecule has 0 aliphatic rings. The maximum atomic E-state index is 13.0. The van der Waals surface area contributed by atoms with Crippen LogP contribution in [-0.2, 0) is 21.4 Å². The number of hydrazine groups is 1. The summed E-state index contributed by atoms with van der Waals surface area (Å²) in [5.41, 5.74) is 2.96. The second kappa shape index (κ2) is 8.10. The maximum Gasteiger partial charge on any atom is 0.262 e. The summed E-state index contributed by atoms with van der Waals surface area (Å²) in [6.45, 7) is 0.147. The average molecular weight is 419 g/mol. The fourth-order valence-electron chi connectivity index (χ4n) is 2.54. The lowest BCUT2D eigenvalue weighted by Gasteiger charge is -2.13. The highest BCUT2D eigenvalue weighted by Crippen LogP contribution is 2.19. The second-order valence-electron chi connectivity index (χ2n) is 5.85. The molecule has 1 heterocycles. The first-order valence-electron chi connectivity index (χ1n) is 8.03. The van der Waals surface area contributed by atoms with Crippen LogP contribution in [0.3, 0.4) is 0 Å². The molecule has 146 valence electrons. The van der Waals surface area contributed by atoms with Crippen molar-refractivity contribution in [2.75, 3.05) is 5.75 Å². The van der Waals surface area contributed by atoms with E-state index in [1.165, 1.54) is 16.7 Å². The molecule has 0 atom stereocenters. The molecule has 3 rings (SSSR count). The molecule has 1 amide bonds. The highest BCUT2D eigenvalue weighted by molar-refractivity contribution is 7.99. The van der Waals surface area contributed by atoms with E-state index in [1.54, 1.807) is 36.4 Å². The number of rotatable bonds is 6. The monoisotopic (exact) mass is 419 g/mol. The first-order valence-corrected chi connectivity index (χ1v) is 10.6. The first-order chi connectivity index (χ1) is 13.3. The van der Waals surface area contributed by atoms with Crippen molar-refractivity contribution in [1.29, 1.82) is 0 Å². The number of benzene rings is 2. The molecular weight excluding hydrogens is 402 g/mol. The zero-order valence-electron chi connectivity index (χ0n) is 14.5. The Labute approximate surface area is 164 Å². The number of hydrogen-bond donors (Lipinski definition) is 3. The summed E-state index contributed by atoms with van der Waals surface area (Å²) in [5.74, 6) is 4.69. The van der Waals surface area contributed by atoms with Gasteiger partial charge in [0.1, 0.15) is 0 Å². The van der Waals surface area contributed by atoms with Gasteiger partial charge in [-0.2, -0.15) is 0 Å². The van der Waals surface area contributed by atoms with Gasteiger partial charge in [0.2, 0.25) is 15.9 Å². The van der Waals surface area contributed by atoms with E-state index >= 15 is 0 Å². The van der Waals surface area contributed by atoms with Crippen LogP contribution in [0.2, 0.25) is 0 Å². The van der Waals surface area contributed by atoms with Crippen molar-refractivity contribution in [1.82, 2.24) is 15.0 Å². The molecule has 1 aromatic heterocycles. The number of para-hydroxylation sites is 1. The molecule has 0 aliphatic heterocycles. The van der Waals surface area contributed by atoms with Gasteiger partial charge in [-0.15, -0.1) is 0 Å². The molecule has 2 aromatic carbocycles. The highest BCUT2D eigenvalue weighted by atomic mass is 32.2. The number of aromatic nitrogens is 2. The second-order valence-corrected chi connectivity index (χ2v) is 8.35. The largest absolute Gasteiger partial charge is 0.294 e. The molecule has 0 fully saturated rings. The average Bonchev–Trinajstić information content (AvgIpc) is 2.68. The number of nitrogens with zero attached hydrogens (tertiary/aromatic N) is 2. The first kappa shape index (κ1) is 20.0. The van der Waals surface area contributed by atoms with E-state index in [9.17, 15) is 18.0 Å². The molecule has 0 saturated carbocycles. The molecule has 0 aliphatic carbocycles. The van der Waals surface area contributed by atoms with Crippen molar-refractivity contribution < 1.29 is 13.2 Å². The summed E-state index contributed by atoms with van der Waals surface area (Å²) in [6.07, 6.45) is 0. The van der Waals surface area contributed by atoms with E-state index < -0.39 is 15.9 Å². The van der Waals surface area contributed by atoms with Crippen LogP contribution in [0.25, 0.3) is 10.9 Å². The standard InChI is InChI=1S/C17H17N5O4S2/c18-21-15(23)10-27-17-20-14-4-2-1-3-13(14)16(24)22(17)9-11-5-7-12(8-6-11)28(19,25)26/h1-8H,9-10,18H2,(H,21,23)(H2,19,25,26). The summed E-state index contributed by atoms with van der Waals surface area (Å²) in [6, 6.07) is 12.8. The molecule has 28 heavy (non-hydrogen) atoms. The predicted molar refractivity (Wildman–Crippen MR) is 106 cm³/mol. The summed E-state index contributed by atoms with van der Waals surface area (Å²) < 4.78 is 24.2. The smallest absolute Gasteiger partial charge is 0.262 e. The Bertz CT molecular complexity index is 1190. The number of hydrogen-bond acceptors (Lipinski definition) is 7. The van der Waals surface area contributed by atoms with E-state index in [2.05, 4.69) is 4.98 Å². The van der Waals surface area contributed by atoms with Gasteiger partial charge in [0.05, 0.1) is 28.1 Å². The van der Waals surface area contributed by atoms with Crippen LogP contribution in [0.15, 0.2) is 63.4 Å². The van der Waals surface area contributed by atoms with Crippen molar-refractivity contribution in [2.24, 2.45) is 11.0 Å². The van der Waals surface area contributed by atoms with Gasteiger partial charge < -0.3 is 0 Å². The predicted octanol–water partition coefficient (Wildman–Crippen LogP) is 0.174. The lowest BCUT2D eigenvalue weighted by Crippen LogP contribution is -2.32. The lowest BCUT2D eigenvalue weighted by molar-refractivity contribution is -0.118. The van der Waals surface area contributed by atoms with Crippen molar-refractivity contribution in [2.45, 2.75) is 16.6 Å². The van der Waals surface area contributed by atoms with Gasteiger partial charge >= 0.3 is 0 Å². The van der Waals surface area contributed by atoms with Crippen LogP contribution < -0.4 is 22.0 Å². The minimum atomic E-state index is -3.80. The zero-order chi connectivity index (χ0) is 20.3. The Kier molecular flexibility index (Phi) is 5.79. The third-order valence-corrected chi connectivity index (χ3v) is 5.82. The lowest BCUT2D eigenvalue weighted by atomic mass is 10.2. The number of thioether (sulfide) groups is 1. The maximum absolute atomic E-state index is 13.0. The van der Waals surface area contributed by atoms with Crippen LogP contribution in [0.5, 0.6) is 0 Å². The third kappa shape index (κ3) is 4.39. The zero-order valence-corrected chi connectivity index (χ0v) is 16.2. The molecule has 0 radical (unpaired) electrons. The van der Waals surface area contributed by atoms with Gasteiger partial charge in [-0.05, 0) is 29.8 Å². The molecular formula is C17H17N5O4S2. The van der Waals surface area contributed by atoms with E-state index in [-0.39, 0.29) is 22.8 Å². The number of carbonyl (C=O) groups is 1. The summed E-state index contributed by atoms with van der Waals surface area (Å²) in [7, 11) is -3.80. The molecule has 0 bridgehead atoms. The molecule has 0 spiro atoms. The van der Waals surface area contributed by atoms with Crippen LogP contribution in [0.1, 0.15) is 5.56 Å². The quantitative estimate of drug-likeness (QED) is 0.169. The topological polar surface area (TPSA) is 150 Å². The number of carbonyl (C=O) groups excluding carboxylic acids is 1. The van der Waals surface area contributed by atoms with Gasteiger partial charge in [0.15, 0.2) is 5.16 Å². The van der Waals surface area contributed by atoms with Gasteiger partial charge in [0, 0.05) is 0 Å². The van der Waals surface area contributed by atoms with E-state index in [4.69, 9.17) is 11.0 Å². The SMILES string of the molecule is NNC(=O)CSc1nc2ccccc2c(=O)n1Cc1ccc(S(N)(=O)=O)cc1. The summed E-state index contributed by atoms with van der Waals surface area (Å²) in [4.78, 5) is 28.9. The third-order valence-electron chi connectivity index (χ3n) is 3.91. The molecule has 5 N–H and O–H groups in total. The molecule has 9 nitrogen and oxygen atoms in total.